The average molecular weight is 541 g/mol. The fourth-order valence-corrected chi connectivity index (χ4v) is 7.16. The van der Waals surface area contributed by atoms with Gasteiger partial charge in [-0.05, 0) is 26.2 Å². The summed E-state index contributed by atoms with van der Waals surface area (Å²) in [4.78, 5) is 11.0. The fourth-order valence-electron chi connectivity index (χ4n) is 4.06. The van der Waals surface area contributed by atoms with Crippen molar-refractivity contribution in [1.29, 1.82) is 0 Å². The van der Waals surface area contributed by atoms with Gasteiger partial charge in [0.15, 0.2) is 0 Å². The first-order valence-electron chi connectivity index (χ1n) is 14.0. The molecule has 0 radical (unpaired) electrons. The molecule has 0 aromatic heterocycles. The molecule has 0 aliphatic rings. The number of carboxylic acid groups (broad SMARTS) is 1. The van der Waals surface area contributed by atoms with E-state index in [4.69, 9.17) is 14.2 Å². The van der Waals surface area contributed by atoms with E-state index in [0.29, 0.717) is 18.6 Å². The Kier molecular flexibility index (Phi) is 22.5. The minimum absolute atomic E-state index is 0.0565. The zero-order valence-electron chi connectivity index (χ0n) is 22.8. The monoisotopic (exact) mass is 540 g/mol. The number of unbranched alkanes of at least 4 members (excludes halogenated alkanes) is 13. The van der Waals surface area contributed by atoms with E-state index >= 15 is 0 Å². The standard InChI is InChI=1S/C26H53O7PS/c1-5-8-10-12-14-15-16-18-20-23-35(30)25(21-19-17-13-11-9-6-2)24(4)32-34(29,31-22-7-3)33-26(27)28/h24-25H,5-23H2,1-4H3,(H,27,28). The van der Waals surface area contributed by atoms with Crippen LogP contribution < -0.4 is 0 Å². The van der Waals surface area contributed by atoms with Gasteiger partial charge in [0.25, 0.3) is 0 Å². The van der Waals surface area contributed by atoms with Crippen LogP contribution in [0.1, 0.15) is 137 Å². The maximum atomic E-state index is 13.2. The number of hydrogen-bond donors (Lipinski definition) is 1. The van der Waals surface area contributed by atoms with Crippen LogP contribution in [0.3, 0.4) is 0 Å². The van der Waals surface area contributed by atoms with Gasteiger partial charge in [0.2, 0.25) is 0 Å². The van der Waals surface area contributed by atoms with Gasteiger partial charge in [0.1, 0.15) is 0 Å². The lowest BCUT2D eigenvalue weighted by atomic mass is 10.1. The molecule has 1 N–H and O–H groups in total. The van der Waals surface area contributed by atoms with E-state index in [0.717, 1.165) is 38.5 Å². The summed E-state index contributed by atoms with van der Waals surface area (Å²) in [6, 6.07) is 0. The molecule has 0 bridgehead atoms. The quantitative estimate of drug-likeness (QED) is 0.0910. The molecule has 0 amide bonds. The molecule has 0 aliphatic heterocycles. The molecule has 0 heterocycles. The molecule has 0 spiro atoms. The van der Waals surface area contributed by atoms with Crippen molar-refractivity contribution < 1.29 is 32.2 Å². The van der Waals surface area contributed by atoms with Crippen molar-refractivity contribution in [3.8, 4) is 0 Å². The Hall–Kier alpha value is -0.430. The van der Waals surface area contributed by atoms with Crippen molar-refractivity contribution >= 4 is 24.8 Å². The number of rotatable bonds is 25. The third-order valence-corrected chi connectivity index (χ3v) is 9.55. The second-order valence-electron chi connectivity index (χ2n) is 9.46. The van der Waals surface area contributed by atoms with Crippen LogP contribution in [-0.2, 0) is 28.9 Å². The zero-order chi connectivity index (χ0) is 26.4. The lowest BCUT2D eigenvalue weighted by molar-refractivity contribution is 0.0761. The van der Waals surface area contributed by atoms with Gasteiger partial charge in [0.05, 0.1) is 18.0 Å². The van der Waals surface area contributed by atoms with E-state index in [1.807, 2.05) is 6.92 Å². The molecule has 4 atom stereocenters. The zero-order valence-corrected chi connectivity index (χ0v) is 24.6. The van der Waals surface area contributed by atoms with Gasteiger partial charge in [-0.2, -0.15) is 0 Å². The largest absolute Gasteiger partial charge is 0.534 e. The average Bonchev–Trinajstić information content (AvgIpc) is 2.80. The molecule has 0 aliphatic carbocycles. The minimum atomic E-state index is -4.28. The number of phosphoric ester groups is 1. The molecule has 4 unspecified atom stereocenters. The highest BCUT2D eigenvalue weighted by Crippen LogP contribution is 2.51. The van der Waals surface area contributed by atoms with E-state index < -0.39 is 30.9 Å². The first-order chi connectivity index (χ1) is 16.8. The Bertz CT molecular complexity index is 588. The Labute approximate surface area is 217 Å². The normalized spacial score (nSPS) is 15.9. The summed E-state index contributed by atoms with van der Waals surface area (Å²) in [5, 5.41) is 8.64. The molecule has 0 rings (SSSR count). The van der Waals surface area contributed by atoms with Crippen molar-refractivity contribution in [2.24, 2.45) is 0 Å². The maximum absolute atomic E-state index is 13.2. The van der Waals surface area contributed by atoms with Crippen LogP contribution in [0.5, 0.6) is 0 Å². The van der Waals surface area contributed by atoms with Crippen LogP contribution in [0, 0.1) is 0 Å². The van der Waals surface area contributed by atoms with E-state index in [9.17, 15) is 13.6 Å². The van der Waals surface area contributed by atoms with Gasteiger partial charge in [0, 0.05) is 16.6 Å². The van der Waals surface area contributed by atoms with Crippen molar-refractivity contribution in [1.82, 2.24) is 0 Å². The van der Waals surface area contributed by atoms with Crippen LogP contribution in [0.2, 0.25) is 0 Å². The SMILES string of the molecule is CCCCCCCCCCCS(=O)C(CCCCCCCC)C(C)OP(=O)(OCCC)OC(=O)O. The highest BCUT2D eigenvalue weighted by atomic mass is 32.2. The van der Waals surface area contributed by atoms with Crippen LogP contribution >= 0.6 is 7.82 Å². The first-order valence-corrected chi connectivity index (χ1v) is 16.9. The van der Waals surface area contributed by atoms with Gasteiger partial charge in [-0.15, -0.1) is 0 Å². The lowest BCUT2D eigenvalue weighted by Gasteiger charge is -2.26. The Morgan fingerprint density at radius 3 is 1.77 bits per heavy atom. The third kappa shape index (κ3) is 19.4. The van der Waals surface area contributed by atoms with Gasteiger partial charge < -0.3 is 9.63 Å². The van der Waals surface area contributed by atoms with E-state index in [1.54, 1.807) is 6.92 Å². The second kappa shape index (κ2) is 22.7. The molecular weight excluding hydrogens is 487 g/mol. The Morgan fingerprint density at radius 1 is 0.800 bits per heavy atom. The van der Waals surface area contributed by atoms with Gasteiger partial charge in [-0.1, -0.05) is 111 Å². The van der Waals surface area contributed by atoms with Crippen molar-refractivity contribution in [3.05, 3.63) is 0 Å². The highest BCUT2D eigenvalue weighted by molar-refractivity contribution is 7.85. The second-order valence-corrected chi connectivity index (χ2v) is 12.8. The summed E-state index contributed by atoms with van der Waals surface area (Å²) in [6.45, 7) is 7.98. The van der Waals surface area contributed by atoms with Crippen molar-refractivity contribution in [2.75, 3.05) is 12.4 Å². The summed E-state index contributed by atoms with van der Waals surface area (Å²) >= 11 is 0. The smallest absolute Gasteiger partial charge is 0.449 e. The van der Waals surface area contributed by atoms with Gasteiger partial charge >= 0.3 is 14.0 Å². The molecule has 9 heteroatoms. The van der Waals surface area contributed by atoms with Crippen LogP contribution in [0.25, 0.3) is 0 Å². The van der Waals surface area contributed by atoms with Crippen molar-refractivity contribution in [2.45, 2.75) is 148 Å². The summed E-state index contributed by atoms with van der Waals surface area (Å²) < 4.78 is 41.3. The predicted octanol–water partition coefficient (Wildman–Crippen LogP) is 9.02. The van der Waals surface area contributed by atoms with Gasteiger partial charge in [-0.3, -0.25) is 13.3 Å². The summed E-state index contributed by atoms with van der Waals surface area (Å²) in [7, 11) is -5.45. The molecule has 0 aromatic rings. The molecule has 0 saturated heterocycles. The van der Waals surface area contributed by atoms with E-state index in [2.05, 4.69) is 18.4 Å². The molecule has 0 saturated carbocycles. The van der Waals surface area contributed by atoms with Gasteiger partial charge in [-0.25, -0.2) is 9.36 Å². The Balaban J connectivity index is 4.82. The number of carbonyl (C=O) groups is 1. The number of phosphoric acid groups is 1. The summed E-state index contributed by atoms with van der Waals surface area (Å²) in [5.41, 5.74) is 0. The summed E-state index contributed by atoms with van der Waals surface area (Å²) in [6.07, 6.45) is 16.3. The summed E-state index contributed by atoms with van der Waals surface area (Å²) in [5.74, 6) is 0.573. The molecule has 7 nitrogen and oxygen atoms in total. The van der Waals surface area contributed by atoms with E-state index in [1.165, 1.54) is 57.8 Å². The number of hydrogen-bond acceptors (Lipinski definition) is 6. The molecule has 0 aromatic carbocycles. The van der Waals surface area contributed by atoms with Crippen LogP contribution in [0.15, 0.2) is 0 Å². The maximum Gasteiger partial charge on any atom is 0.534 e. The first kappa shape index (κ1) is 34.6. The molecular formula is C26H53O7PS. The molecule has 0 fully saturated rings. The topological polar surface area (TPSA) is 99.1 Å². The van der Waals surface area contributed by atoms with Crippen LogP contribution in [0.4, 0.5) is 4.79 Å². The Morgan fingerprint density at radius 2 is 1.29 bits per heavy atom. The molecule has 210 valence electrons. The van der Waals surface area contributed by atoms with E-state index in [-0.39, 0.29) is 11.9 Å². The fraction of sp³-hybridized carbons (Fsp3) is 0.962. The van der Waals surface area contributed by atoms with Crippen molar-refractivity contribution in [3.63, 3.8) is 0 Å². The third-order valence-electron chi connectivity index (χ3n) is 6.09. The van der Waals surface area contributed by atoms with Crippen LogP contribution in [-0.4, -0.2) is 39.2 Å². The lowest BCUT2D eigenvalue weighted by Crippen LogP contribution is -2.32. The minimum Gasteiger partial charge on any atom is -0.449 e. The predicted molar refractivity (Wildman–Crippen MR) is 146 cm³/mol. The molecule has 35 heavy (non-hydrogen) atoms. The highest BCUT2D eigenvalue weighted by Gasteiger charge is 2.37.